The topological polar surface area (TPSA) is 30.9 Å². The summed E-state index contributed by atoms with van der Waals surface area (Å²) in [6.45, 7) is 14.5. The lowest BCUT2D eigenvalue weighted by Gasteiger charge is -2.40. The Morgan fingerprint density at radius 2 is 1.68 bits per heavy atom. The lowest BCUT2D eigenvalue weighted by Crippen LogP contribution is -2.56. The van der Waals surface area contributed by atoms with Gasteiger partial charge in [-0.25, -0.2) is 4.57 Å². The Morgan fingerprint density at radius 1 is 1.10 bits per heavy atom. The van der Waals surface area contributed by atoms with Crippen LogP contribution < -0.4 is 4.57 Å². The molecule has 1 aromatic carbocycles. The normalized spacial score (nSPS) is 30.5. The van der Waals surface area contributed by atoms with Crippen LogP contribution in [-0.2, 0) is 11.3 Å². The first-order valence-electron chi connectivity index (χ1n) is 10.8. The van der Waals surface area contributed by atoms with Gasteiger partial charge in [-0.05, 0) is 50.2 Å². The van der Waals surface area contributed by atoms with Crippen molar-refractivity contribution in [2.24, 2.45) is 16.7 Å². The van der Waals surface area contributed by atoms with E-state index in [9.17, 15) is 17.3 Å². The molecule has 1 aromatic heterocycles. The monoisotopic (exact) mass is 439 g/mol. The average molecular weight is 439 g/mol. The number of halogens is 4. The molecule has 0 unspecified atom stereocenters. The Bertz CT molecular complexity index is 990. The highest BCUT2D eigenvalue weighted by Crippen LogP contribution is 2.69. The molecule has 2 aliphatic carbocycles. The number of hydrogen-bond acceptors (Lipinski definition) is 2. The fourth-order valence-electron chi connectivity index (χ4n) is 6.42. The SMILES string of the molecule is Cc1cc(C)c(-n2c[n+]3c(n2)CO[C@@H]2[C@H]3[C@H]3CC[C@]2(C)C3(C)C)c(C)c1.F[B-](F)(F)F. The van der Waals surface area contributed by atoms with Crippen LogP contribution in [0.2, 0.25) is 0 Å². The Kier molecular flexibility index (Phi) is 5.07. The molecule has 170 valence electrons. The number of benzene rings is 1. The molecule has 0 radical (unpaired) electrons. The molecule has 3 aliphatic rings. The third-order valence-electron chi connectivity index (χ3n) is 8.06. The lowest BCUT2D eigenvalue weighted by atomic mass is 9.70. The molecule has 5 rings (SSSR count). The third-order valence-corrected chi connectivity index (χ3v) is 8.06. The standard InChI is InChI=1S/C22H30N3O.BF4/c1-13-9-14(2)18(15(3)10-13)25-12-24-17(23-25)11-26-20-19(24)16-7-8-22(20,6)21(16,4)5;2-1(3,4)5/h9-10,12,16,19-20H,7-8,11H2,1-6H3;/q+1;-1/t16-,19-,20-,22+;/m1./s1. The summed E-state index contributed by atoms with van der Waals surface area (Å²) in [6.07, 6.45) is 5.13. The van der Waals surface area contributed by atoms with Gasteiger partial charge < -0.3 is 22.0 Å². The predicted octanol–water partition coefficient (Wildman–Crippen LogP) is 5.28. The summed E-state index contributed by atoms with van der Waals surface area (Å²) in [6, 6.07) is 4.91. The molecule has 2 fully saturated rings. The molecule has 4 nitrogen and oxygen atoms in total. The molecule has 0 N–H and O–H groups in total. The minimum absolute atomic E-state index is 0.269. The number of rotatable bonds is 1. The molecular formula is C22H30BF4N3O. The summed E-state index contributed by atoms with van der Waals surface area (Å²) in [5.74, 6) is 1.73. The Balaban J connectivity index is 0.000000418. The predicted molar refractivity (Wildman–Crippen MR) is 110 cm³/mol. The minimum Gasteiger partial charge on any atom is -0.418 e. The van der Waals surface area contributed by atoms with E-state index in [0.29, 0.717) is 30.1 Å². The van der Waals surface area contributed by atoms with Gasteiger partial charge in [0.25, 0.3) is 0 Å². The summed E-state index contributed by atoms with van der Waals surface area (Å²) >= 11 is 0. The van der Waals surface area contributed by atoms with E-state index >= 15 is 0 Å². The zero-order chi connectivity index (χ0) is 22.9. The number of fused-ring (bicyclic) bond motifs is 7. The van der Waals surface area contributed by atoms with E-state index in [2.05, 4.69) is 69.3 Å². The maximum Gasteiger partial charge on any atom is 0.673 e. The van der Waals surface area contributed by atoms with Crippen LogP contribution >= 0.6 is 0 Å². The second-order valence-corrected chi connectivity index (χ2v) is 10.1. The summed E-state index contributed by atoms with van der Waals surface area (Å²) in [4.78, 5) is 0. The minimum atomic E-state index is -6.00. The van der Waals surface area contributed by atoms with Crippen molar-refractivity contribution in [3.05, 3.63) is 41.0 Å². The van der Waals surface area contributed by atoms with Gasteiger partial charge in [-0.15, -0.1) is 0 Å². The Hall–Kier alpha value is -1.90. The van der Waals surface area contributed by atoms with Gasteiger partial charge >= 0.3 is 13.1 Å². The molecule has 0 saturated heterocycles. The van der Waals surface area contributed by atoms with Gasteiger partial charge in [0.2, 0.25) is 6.33 Å². The maximum absolute atomic E-state index is 9.75. The summed E-state index contributed by atoms with van der Waals surface area (Å²) in [5, 5.41) is 4.94. The second kappa shape index (κ2) is 7.05. The van der Waals surface area contributed by atoms with Gasteiger partial charge in [-0.1, -0.05) is 43.1 Å². The lowest BCUT2D eigenvalue weighted by molar-refractivity contribution is -0.756. The average Bonchev–Trinajstić information content (AvgIpc) is 3.17. The maximum atomic E-state index is 9.75. The van der Waals surface area contributed by atoms with Crippen molar-refractivity contribution in [2.75, 3.05) is 0 Å². The number of nitrogens with zero attached hydrogens (tertiary/aromatic N) is 3. The zero-order valence-electron chi connectivity index (χ0n) is 18.9. The van der Waals surface area contributed by atoms with E-state index in [1.54, 1.807) is 0 Å². The van der Waals surface area contributed by atoms with Crippen molar-refractivity contribution >= 4 is 7.25 Å². The first kappa shape index (κ1) is 22.3. The van der Waals surface area contributed by atoms with E-state index in [1.165, 1.54) is 35.2 Å². The molecule has 2 saturated carbocycles. The Labute approximate surface area is 180 Å². The number of hydrogen-bond donors (Lipinski definition) is 0. The summed E-state index contributed by atoms with van der Waals surface area (Å²) < 4.78 is 50.0. The molecule has 2 heterocycles. The van der Waals surface area contributed by atoms with Crippen molar-refractivity contribution < 1.29 is 26.6 Å². The first-order chi connectivity index (χ1) is 14.2. The van der Waals surface area contributed by atoms with E-state index in [4.69, 9.17) is 9.84 Å². The summed E-state index contributed by atoms with van der Waals surface area (Å²) in [5.41, 5.74) is 5.66. The van der Waals surface area contributed by atoms with Gasteiger partial charge in [0.05, 0.1) is 6.10 Å². The van der Waals surface area contributed by atoms with Gasteiger partial charge in [0.15, 0.2) is 0 Å². The van der Waals surface area contributed by atoms with Gasteiger partial charge in [0.1, 0.15) is 18.3 Å². The zero-order valence-corrected chi connectivity index (χ0v) is 18.9. The highest BCUT2D eigenvalue weighted by atomic mass is 19.5. The molecule has 4 atom stereocenters. The molecule has 31 heavy (non-hydrogen) atoms. The van der Waals surface area contributed by atoms with E-state index in [-0.39, 0.29) is 5.41 Å². The van der Waals surface area contributed by atoms with Gasteiger partial charge in [-0.2, -0.15) is 0 Å². The van der Waals surface area contributed by atoms with Crippen molar-refractivity contribution in [2.45, 2.75) is 73.1 Å². The summed E-state index contributed by atoms with van der Waals surface area (Å²) in [7, 11) is -6.00. The fraction of sp³-hybridized carbons (Fsp3) is 0.636. The molecule has 0 amide bonds. The van der Waals surface area contributed by atoms with Crippen LogP contribution in [0.15, 0.2) is 18.5 Å². The highest BCUT2D eigenvalue weighted by Gasteiger charge is 2.70. The highest BCUT2D eigenvalue weighted by molar-refractivity contribution is 6.50. The smallest absolute Gasteiger partial charge is 0.418 e. The molecule has 9 heteroatoms. The Morgan fingerprint density at radius 3 is 2.26 bits per heavy atom. The fourth-order valence-corrected chi connectivity index (χ4v) is 6.42. The van der Waals surface area contributed by atoms with Crippen LogP contribution in [0.5, 0.6) is 0 Å². The van der Waals surface area contributed by atoms with Crippen LogP contribution in [0.1, 0.15) is 62.2 Å². The molecule has 2 bridgehead atoms. The van der Waals surface area contributed by atoms with Crippen molar-refractivity contribution in [1.29, 1.82) is 0 Å². The van der Waals surface area contributed by atoms with Gasteiger partial charge in [0, 0.05) is 16.4 Å². The molecule has 0 spiro atoms. The van der Waals surface area contributed by atoms with Gasteiger partial charge in [-0.3, -0.25) is 0 Å². The van der Waals surface area contributed by atoms with Crippen molar-refractivity contribution in [1.82, 2.24) is 9.78 Å². The van der Waals surface area contributed by atoms with Crippen LogP contribution in [0, 0.1) is 37.5 Å². The molecule has 2 aromatic rings. The van der Waals surface area contributed by atoms with Crippen LogP contribution in [0.4, 0.5) is 17.3 Å². The largest absolute Gasteiger partial charge is 0.673 e. The van der Waals surface area contributed by atoms with Crippen LogP contribution in [-0.4, -0.2) is 23.1 Å². The second-order valence-electron chi connectivity index (χ2n) is 10.1. The van der Waals surface area contributed by atoms with E-state index < -0.39 is 7.25 Å². The third kappa shape index (κ3) is 3.49. The quantitative estimate of drug-likeness (QED) is 0.344. The van der Waals surface area contributed by atoms with Crippen molar-refractivity contribution in [3.63, 3.8) is 0 Å². The van der Waals surface area contributed by atoms with Crippen LogP contribution in [0.25, 0.3) is 5.69 Å². The molecule has 1 aliphatic heterocycles. The molecular weight excluding hydrogens is 409 g/mol. The van der Waals surface area contributed by atoms with Crippen LogP contribution in [0.3, 0.4) is 0 Å². The van der Waals surface area contributed by atoms with Crippen molar-refractivity contribution in [3.8, 4) is 5.69 Å². The first-order valence-corrected chi connectivity index (χ1v) is 10.8. The number of aryl methyl sites for hydroxylation is 3. The number of ether oxygens (including phenoxy) is 1. The van der Waals surface area contributed by atoms with E-state index in [0.717, 1.165) is 5.82 Å². The number of aromatic nitrogens is 3. The van der Waals surface area contributed by atoms with E-state index in [1.807, 2.05) is 0 Å².